The van der Waals surface area contributed by atoms with Gasteiger partial charge in [0.05, 0.1) is 19.1 Å². The largest absolute Gasteiger partial charge is 0.480 e. The summed E-state index contributed by atoms with van der Waals surface area (Å²) in [4.78, 5) is 61.7. The Kier molecular flexibility index (Phi) is 12.1. The molecule has 0 aliphatic rings. The van der Waals surface area contributed by atoms with Crippen LogP contribution in [0, 0.1) is 0 Å². The van der Waals surface area contributed by atoms with E-state index < -0.39 is 67.3 Å². The first-order valence-corrected chi connectivity index (χ1v) is 8.78. The van der Waals surface area contributed by atoms with Crippen molar-refractivity contribution in [3.8, 4) is 0 Å². The maximum atomic E-state index is 12.3. The smallest absolute Gasteiger partial charge is 0.322 e. The monoisotopic (exact) mass is 432 g/mol. The Morgan fingerprint density at radius 2 is 1.53 bits per heavy atom. The third-order valence-electron chi connectivity index (χ3n) is 3.57. The van der Waals surface area contributed by atoms with Gasteiger partial charge in [0.1, 0.15) is 18.6 Å². The highest BCUT2D eigenvalue weighted by Gasteiger charge is 2.28. The summed E-state index contributed by atoms with van der Waals surface area (Å²) >= 11 is 0. The number of guanidine groups is 1. The molecule has 3 atom stereocenters. The molecule has 0 radical (unpaired) electrons. The summed E-state index contributed by atoms with van der Waals surface area (Å²) in [5.41, 5.74) is 21.1. The Morgan fingerprint density at radius 3 is 2.03 bits per heavy atom. The third kappa shape index (κ3) is 11.4. The predicted octanol–water partition coefficient (Wildman–Crippen LogP) is -5.59. The number of hydrogen-bond donors (Lipinski definition) is 9. The third-order valence-corrected chi connectivity index (χ3v) is 3.57. The molecular formula is C15H28N8O7. The van der Waals surface area contributed by atoms with Crippen molar-refractivity contribution in [3.05, 3.63) is 0 Å². The molecule has 170 valence electrons. The summed E-state index contributed by atoms with van der Waals surface area (Å²) in [6.45, 7) is -1.34. The molecule has 13 N–H and O–H groups in total. The Balaban J connectivity index is 4.87. The van der Waals surface area contributed by atoms with E-state index >= 15 is 0 Å². The van der Waals surface area contributed by atoms with E-state index in [-0.39, 0.29) is 18.9 Å². The fraction of sp³-hybridized carbons (Fsp3) is 0.600. The molecule has 0 aliphatic heterocycles. The molecule has 15 nitrogen and oxygen atoms in total. The molecule has 15 heteroatoms. The zero-order valence-corrected chi connectivity index (χ0v) is 16.2. The maximum Gasteiger partial charge on any atom is 0.322 e. The van der Waals surface area contributed by atoms with E-state index in [1.807, 2.05) is 5.32 Å². The SMILES string of the molecule is NC(=O)CC(NC(=O)C(CO)NC(=O)C(N)CCCN=C(N)N)C(=O)NCC(=O)O. The number of carboxylic acid groups (broad SMARTS) is 1. The highest BCUT2D eigenvalue weighted by Crippen LogP contribution is 1.98. The summed E-state index contributed by atoms with van der Waals surface area (Å²) in [5.74, 6) is -5.14. The minimum Gasteiger partial charge on any atom is -0.480 e. The summed E-state index contributed by atoms with van der Waals surface area (Å²) in [6, 6.07) is -4.02. The number of nitrogens with two attached hydrogens (primary N) is 4. The molecule has 0 heterocycles. The quantitative estimate of drug-likeness (QED) is 0.0712. The van der Waals surface area contributed by atoms with E-state index in [0.717, 1.165) is 0 Å². The van der Waals surface area contributed by atoms with Crippen LogP contribution in [0.5, 0.6) is 0 Å². The van der Waals surface area contributed by atoms with Crippen LogP contribution in [0.1, 0.15) is 19.3 Å². The number of aliphatic imine (C=N–C) groups is 1. The molecule has 0 bridgehead atoms. The van der Waals surface area contributed by atoms with Gasteiger partial charge < -0.3 is 49.1 Å². The van der Waals surface area contributed by atoms with Crippen molar-refractivity contribution in [2.45, 2.75) is 37.4 Å². The number of primary amides is 1. The van der Waals surface area contributed by atoms with E-state index in [1.165, 1.54) is 0 Å². The molecule has 3 unspecified atom stereocenters. The van der Waals surface area contributed by atoms with Crippen LogP contribution in [0.2, 0.25) is 0 Å². The average Bonchev–Trinajstić information content (AvgIpc) is 2.65. The number of carboxylic acids is 1. The van der Waals surface area contributed by atoms with Gasteiger partial charge in [0.2, 0.25) is 23.6 Å². The van der Waals surface area contributed by atoms with Gasteiger partial charge in [-0.25, -0.2) is 0 Å². The standard InChI is InChI=1S/C15H28N8O7/c16-7(2-1-3-20-15(18)19)12(28)23-9(6-24)14(30)22-8(4-10(17)25)13(29)21-5-11(26)27/h7-9,24H,1-6,16H2,(H2,17,25)(H,21,29)(H,22,30)(H,23,28)(H,26,27)(H4,18,19,20). The van der Waals surface area contributed by atoms with Crippen LogP contribution < -0.4 is 38.9 Å². The van der Waals surface area contributed by atoms with E-state index in [0.29, 0.717) is 6.42 Å². The Bertz CT molecular complexity index is 665. The summed E-state index contributed by atoms with van der Waals surface area (Å²) < 4.78 is 0. The normalized spacial score (nSPS) is 13.3. The number of hydrogen-bond acceptors (Lipinski definition) is 8. The van der Waals surface area contributed by atoms with Crippen molar-refractivity contribution in [2.24, 2.45) is 27.9 Å². The highest BCUT2D eigenvalue weighted by molar-refractivity contribution is 5.95. The number of carbonyl (C=O) groups excluding carboxylic acids is 4. The zero-order chi connectivity index (χ0) is 23.3. The van der Waals surface area contributed by atoms with Crippen LogP contribution in [0.3, 0.4) is 0 Å². The van der Waals surface area contributed by atoms with Crippen molar-refractivity contribution in [3.63, 3.8) is 0 Å². The number of rotatable bonds is 14. The van der Waals surface area contributed by atoms with Crippen LogP contribution in [-0.2, 0) is 24.0 Å². The van der Waals surface area contributed by atoms with Crippen LogP contribution in [0.4, 0.5) is 0 Å². The summed E-state index contributed by atoms with van der Waals surface area (Å²) in [5, 5.41) is 24.3. The first kappa shape index (κ1) is 26.5. The first-order valence-electron chi connectivity index (χ1n) is 8.78. The van der Waals surface area contributed by atoms with Gasteiger partial charge in [0, 0.05) is 6.54 Å². The molecule has 0 aromatic rings. The maximum absolute atomic E-state index is 12.3. The molecule has 0 aliphatic carbocycles. The Morgan fingerprint density at radius 1 is 0.933 bits per heavy atom. The molecule has 0 fully saturated rings. The summed E-state index contributed by atoms with van der Waals surface area (Å²) in [6.07, 6.45) is -0.0647. The number of aliphatic hydroxyl groups excluding tert-OH is 1. The molecule has 0 aromatic carbocycles. The number of aliphatic carboxylic acids is 1. The van der Waals surface area contributed by atoms with Crippen molar-refractivity contribution < 1.29 is 34.2 Å². The fourth-order valence-electron chi connectivity index (χ4n) is 2.09. The van der Waals surface area contributed by atoms with E-state index in [9.17, 15) is 29.1 Å². The average molecular weight is 432 g/mol. The van der Waals surface area contributed by atoms with E-state index in [4.69, 9.17) is 28.0 Å². The molecule has 0 aromatic heterocycles. The van der Waals surface area contributed by atoms with E-state index in [2.05, 4.69) is 15.6 Å². The molecule has 0 rings (SSSR count). The van der Waals surface area contributed by atoms with Gasteiger partial charge in [-0.2, -0.15) is 0 Å². The lowest BCUT2D eigenvalue weighted by Gasteiger charge is -2.22. The first-order chi connectivity index (χ1) is 14.0. The van der Waals surface area contributed by atoms with Crippen LogP contribution in [0.15, 0.2) is 4.99 Å². The van der Waals surface area contributed by atoms with Crippen LogP contribution in [0.25, 0.3) is 0 Å². The predicted molar refractivity (Wildman–Crippen MR) is 103 cm³/mol. The Hall–Kier alpha value is -3.46. The minimum atomic E-state index is -1.51. The molecule has 0 saturated heterocycles. The number of nitrogens with one attached hydrogen (secondary N) is 3. The Labute approximate surface area is 171 Å². The van der Waals surface area contributed by atoms with Crippen LogP contribution >= 0.6 is 0 Å². The number of nitrogens with zero attached hydrogens (tertiary/aromatic N) is 1. The van der Waals surface area contributed by atoms with Gasteiger partial charge in [-0.1, -0.05) is 0 Å². The molecule has 0 saturated carbocycles. The topological polar surface area (TPSA) is 278 Å². The van der Waals surface area contributed by atoms with Gasteiger partial charge in [-0.3, -0.25) is 29.0 Å². The zero-order valence-electron chi connectivity index (χ0n) is 16.2. The van der Waals surface area contributed by atoms with E-state index in [1.54, 1.807) is 0 Å². The minimum absolute atomic E-state index is 0.108. The second-order valence-corrected chi connectivity index (χ2v) is 6.14. The number of aliphatic hydroxyl groups is 1. The van der Waals surface area contributed by atoms with Crippen molar-refractivity contribution >= 4 is 35.6 Å². The lowest BCUT2D eigenvalue weighted by atomic mass is 10.1. The van der Waals surface area contributed by atoms with Crippen molar-refractivity contribution in [2.75, 3.05) is 19.7 Å². The van der Waals surface area contributed by atoms with Crippen LogP contribution in [-0.4, -0.2) is 83.6 Å². The summed E-state index contributed by atoms with van der Waals surface area (Å²) in [7, 11) is 0. The van der Waals surface area contributed by atoms with Gasteiger partial charge in [0.25, 0.3) is 0 Å². The lowest BCUT2D eigenvalue weighted by Crippen LogP contribution is -2.57. The highest BCUT2D eigenvalue weighted by atomic mass is 16.4. The van der Waals surface area contributed by atoms with Crippen molar-refractivity contribution in [1.82, 2.24) is 16.0 Å². The lowest BCUT2D eigenvalue weighted by molar-refractivity contribution is -0.139. The molecule has 0 spiro atoms. The van der Waals surface area contributed by atoms with Gasteiger partial charge in [-0.15, -0.1) is 0 Å². The van der Waals surface area contributed by atoms with Gasteiger partial charge in [0.15, 0.2) is 5.96 Å². The van der Waals surface area contributed by atoms with Crippen molar-refractivity contribution in [1.29, 1.82) is 0 Å². The molecule has 4 amide bonds. The number of amides is 4. The fourth-order valence-corrected chi connectivity index (χ4v) is 2.09. The molecular weight excluding hydrogens is 404 g/mol. The molecule has 30 heavy (non-hydrogen) atoms. The second kappa shape index (κ2) is 13.7. The number of carbonyl (C=O) groups is 5. The second-order valence-electron chi connectivity index (χ2n) is 6.14. The van der Waals surface area contributed by atoms with Gasteiger partial charge in [-0.05, 0) is 12.8 Å². The van der Waals surface area contributed by atoms with Gasteiger partial charge >= 0.3 is 5.97 Å².